The van der Waals surface area contributed by atoms with Gasteiger partial charge in [-0.25, -0.2) is 0 Å². The summed E-state index contributed by atoms with van der Waals surface area (Å²) >= 11 is 0. The first-order valence-electron chi connectivity index (χ1n) is 3.39. The Morgan fingerprint density at radius 1 is 1.56 bits per heavy atom. The second kappa shape index (κ2) is 1.60. The average Bonchev–Trinajstić information content (AvgIpc) is 2.07. The average molecular weight is 125 g/mol. The van der Waals surface area contributed by atoms with Gasteiger partial charge >= 0.3 is 0 Å². The predicted octanol–water partition coefficient (Wildman–Crippen LogP) is 1.55. The maximum absolute atomic E-state index is 5.78. The first kappa shape index (κ1) is 6.81. The van der Waals surface area contributed by atoms with E-state index in [4.69, 9.17) is 5.73 Å². The highest BCUT2D eigenvalue weighted by Gasteiger charge is 2.55. The van der Waals surface area contributed by atoms with Gasteiger partial charge in [-0.2, -0.15) is 0 Å². The summed E-state index contributed by atoms with van der Waals surface area (Å²) in [5, 5.41) is 0. The van der Waals surface area contributed by atoms with Gasteiger partial charge in [0.15, 0.2) is 0 Å². The Labute approximate surface area is 56.9 Å². The molecular formula is C8H15N. The Bertz CT molecular complexity index is 147. The summed E-state index contributed by atoms with van der Waals surface area (Å²) < 4.78 is 0. The number of hydrogen-bond donors (Lipinski definition) is 1. The van der Waals surface area contributed by atoms with Crippen LogP contribution in [0, 0.1) is 11.3 Å². The molecule has 0 unspecified atom stereocenters. The van der Waals surface area contributed by atoms with Crippen molar-refractivity contribution in [3.05, 3.63) is 12.2 Å². The molecule has 2 atom stereocenters. The van der Waals surface area contributed by atoms with Crippen LogP contribution in [0.4, 0.5) is 0 Å². The molecule has 0 heterocycles. The zero-order valence-electron chi connectivity index (χ0n) is 6.44. The SMILES string of the molecule is C=C(C)[C@H]1[C@H](N)C1(C)C. The zero-order valence-corrected chi connectivity index (χ0v) is 6.44. The lowest BCUT2D eigenvalue weighted by molar-refractivity contribution is 0.583. The maximum atomic E-state index is 5.78. The summed E-state index contributed by atoms with van der Waals surface area (Å²) in [4.78, 5) is 0. The Balaban J connectivity index is 2.62. The summed E-state index contributed by atoms with van der Waals surface area (Å²) in [5.74, 6) is 0.567. The standard InChI is InChI=1S/C8H15N/c1-5(2)6-7(9)8(6,3)4/h6-7H,1,9H2,2-4H3/t6-,7-/m0/s1. The number of rotatable bonds is 1. The monoisotopic (exact) mass is 125 g/mol. The van der Waals surface area contributed by atoms with Gasteiger partial charge in [-0.1, -0.05) is 26.0 Å². The van der Waals surface area contributed by atoms with Gasteiger partial charge < -0.3 is 5.73 Å². The fourth-order valence-corrected chi connectivity index (χ4v) is 1.62. The highest BCUT2D eigenvalue weighted by Crippen LogP contribution is 2.53. The largest absolute Gasteiger partial charge is 0.327 e. The van der Waals surface area contributed by atoms with Crippen molar-refractivity contribution in [1.82, 2.24) is 0 Å². The minimum absolute atomic E-state index is 0.325. The van der Waals surface area contributed by atoms with Crippen molar-refractivity contribution >= 4 is 0 Å². The van der Waals surface area contributed by atoms with E-state index in [-0.39, 0.29) is 0 Å². The van der Waals surface area contributed by atoms with E-state index in [0.29, 0.717) is 17.4 Å². The van der Waals surface area contributed by atoms with Gasteiger partial charge in [0.05, 0.1) is 0 Å². The molecule has 1 heteroatoms. The van der Waals surface area contributed by atoms with Crippen molar-refractivity contribution in [1.29, 1.82) is 0 Å². The molecule has 0 radical (unpaired) electrons. The van der Waals surface area contributed by atoms with Crippen LogP contribution in [0.5, 0.6) is 0 Å². The van der Waals surface area contributed by atoms with Crippen molar-refractivity contribution in [3.8, 4) is 0 Å². The molecule has 0 bridgehead atoms. The highest BCUT2D eigenvalue weighted by atomic mass is 14.8. The van der Waals surface area contributed by atoms with E-state index < -0.39 is 0 Å². The van der Waals surface area contributed by atoms with E-state index in [1.807, 2.05) is 0 Å². The van der Waals surface area contributed by atoms with Gasteiger partial charge in [0.2, 0.25) is 0 Å². The molecule has 1 rings (SSSR count). The third kappa shape index (κ3) is 0.799. The minimum atomic E-state index is 0.325. The van der Waals surface area contributed by atoms with E-state index in [1.165, 1.54) is 5.57 Å². The molecule has 0 spiro atoms. The van der Waals surface area contributed by atoms with Crippen LogP contribution < -0.4 is 5.73 Å². The van der Waals surface area contributed by atoms with Crippen LogP contribution in [-0.4, -0.2) is 6.04 Å². The lowest BCUT2D eigenvalue weighted by atomic mass is 10.1. The van der Waals surface area contributed by atoms with Crippen molar-refractivity contribution in [3.63, 3.8) is 0 Å². The second-order valence-electron chi connectivity index (χ2n) is 3.67. The van der Waals surface area contributed by atoms with Crippen molar-refractivity contribution in [2.24, 2.45) is 17.1 Å². The molecule has 0 aromatic carbocycles. The van der Waals surface area contributed by atoms with Gasteiger partial charge in [-0.3, -0.25) is 0 Å². The van der Waals surface area contributed by atoms with E-state index in [0.717, 1.165) is 0 Å². The van der Waals surface area contributed by atoms with Crippen LogP contribution in [0.1, 0.15) is 20.8 Å². The number of nitrogens with two attached hydrogens (primary N) is 1. The van der Waals surface area contributed by atoms with E-state index in [1.54, 1.807) is 0 Å². The fourth-order valence-electron chi connectivity index (χ4n) is 1.62. The van der Waals surface area contributed by atoms with Crippen LogP contribution >= 0.6 is 0 Å². The minimum Gasteiger partial charge on any atom is -0.327 e. The molecule has 0 aliphatic heterocycles. The van der Waals surface area contributed by atoms with Gasteiger partial charge in [0.1, 0.15) is 0 Å². The summed E-state index contributed by atoms with van der Waals surface area (Å²) in [6, 6.07) is 0.356. The lowest BCUT2D eigenvalue weighted by Gasteiger charge is -1.98. The zero-order chi connectivity index (χ0) is 7.23. The summed E-state index contributed by atoms with van der Waals surface area (Å²) in [5.41, 5.74) is 7.34. The highest BCUT2D eigenvalue weighted by molar-refractivity contribution is 5.22. The number of hydrogen-bond acceptors (Lipinski definition) is 1. The van der Waals surface area contributed by atoms with E-state index in [9.17, 15) is 0 Å². The van der Waals surface area contributed by atoms with Gasteiger partial charge in [-0.15, -0.1) is 0 Å². The molecule has 2 N–H and O–H groups in total. The van der Waals surface area contributed by atoms with Crippen LogP contribution in [0.3, 0.4) is 0 Å². The summed E-state index contributed by atoms with van der Waals surface area (Å²) in [6.07, 6.45) is 0. The lowest BCUT2D eigenvalue weighted by Crippen LogP contribution is -2.06. The van der Waals surface area contributed by atoms with E-state index >= 15 is 0 Å². The molecule has 1 nitrogen and oxygen atoms in total. The van der Waals surface area contributed by atoms with Crippen molar-refractivity contribution < 1.29 is 0 Å². The molecule has 1 fully saturated rings. The Kier molecular flexibility index (Phi) is 1.21. The van der Waals surface area contributed by atoms with Crippen molar-refractivity contribution in [2.45, 2.75) is 26.8 Å². The van der Waals surface area contributed by atoms with Crippen molar-refractivity contribution in [2.75, 3.05) is 0 Å². The molecule has 0 aromatic rings. The molecule has 9 heavy (non-hydrogen) atoms. The topological polar surface area (TPSA) is 26.0 Å². The normalized spacial score (nSPS) is 38.2. The Morgan fingerprint density at radius 2 is 1.89 bits per heavy atom. The third-order valence-electron chi connectivity index (χ3n) is 2.44. The molecule has 52 valence electrons. The smallest absolute Gasteiger partial charge is 0.0168 e. The molecule has 1 aliphatic rings. The first-order chi connectivity index (χ1) is 3.98. The summed E-state index contributed by atoms with van der Waals surface area (Å²) in [7, 11) is 0. The Hall–Kier alpha value is -0.300. The van der Waals surface area contributed by atoms with Crippen LogP contribution in [0.2, 0.25) is 0 Å². The quantitative estimate of drug-likeness (QED) is 0.529. The molecule has 1 aliphatic carbocycles. The van der Waals surface area contributed by atoms with Gasteiger partial charge in [0.25, 0.3) is 0 Å². The van der Waals surface area contributed by atoms with Crippen LogP contribution in [-0.2, 0) is 0 Å². The molecule has 0 saturated heterocycles. The maximum Gasteiger partial charge on any atom is 0.0168 e. The Morgan fingerprint density at radius 3 is 1.89 bits per heavy atom. The third-order valence-corrected chi connectivity index (χ3v) is 2.44. The van der Waals surface area contributed by atoms with Crippen LogP contribution in [0.25, 0.3) is 0 Å². The van der Waals surface area contributed by atoms with E-state index in [2.05, 4.69) is 27.4 Å². The van der Waals surface area contributed by atoms with Gasteiger partial charge in [-0.05, 0) is 12.3 Å². The molecule has 0 amide bonds. The molecular weight excluding hydrogens is 110 g/mol. The predicted molar refractivity (Wildman–Crippen MR) is 40.1 cm³/mol. The summed E-state index contributed by atoms with van der Waals surface area (Å²) in [6.45, 7) is 10.3. The fraction of sp³-hybridized carbons (Fsp3) is 0.750. The second-order valence-corrected chi connectivity index (χ2v) is 3.67. The first-order valence-corrected chi connectivity index (χ1v) is 3.39. The van der Waals surface area contributed by atoms with Gasteiger partial charge in [0, 0.05) is 12.0 Å². The molecule has 0 aromatic heterocycles. The van der Waals surface area contributed by atoms with Crippen LogP contribution in [0.15, 0.2) is 12.2 Å². The molecule has 1 saturated carbocycles.